The third-order valence-electron chi connectivity index (χ3n) is 4.96. The summed E-state index contributed by atoms with van der Waals surface area (Å²) in [5, 5.41) is -0.494. The molecule has 1 N–H and O–H groups in total. The van der Waals surface area contributed by atoms with E-state index in [1.54, 1.807) is 0 Å². The lowest BCUT2D eigenvalue weighted by Crippen LogP contribution is -2.74. The average molecular weight is 656 g/mol. The number of rotatable bonds is 10. The number of halogens is 16. The molecule has 2 aromatic rings. The summed E-state index contributed by atoms with van der Waals surface area (Å²) >= 11 is 0.0138. The zero-order chi connectivity index (χ0) is 31.7. The molecule has 0 bridgehead atoms. The monoisotopic (exact) mass is 656 g/mol. The van der Waals surface area contributed by atoms with Gasteiger partial charge in [-0.25, -0.2) is 22.2 Å². The lowest BCUT2D eigenvalue weighted by atomic mass is 9.89. The van der Waals surface area contributed by atoms with E-state index in [0.29, 0.717) is 6.26 Å². The van der Waals surface area contributed by atoms with Crippen LogP contribution < -0.4 is 5.32 Å². The highest BCUT2D eigenvalue weighted by Gasteiger charge is 2.94. The van der Waals surface area contributed by atoms with Crippen molar-refractivity contribution in [1.29, 1.82) is 0 Å². The molecule has 1 amide bonds. The van der Waals surface area contributed by atoms with Crippen LogP contribution in [0.4, 0.5) is 75.4 Å². The number of fused-ring (bicyclic) bond motifs is 1. The summed E-state index contributed by atoms with van der Waals surface area (Å²) in [6.45, 7) is 0. The van der Waals surface area contributed by atoms with Crippen molar-refractivity contribution in [2.75, 3.05) is 11.6 Å². The molecule has 40 heavy (non-hydrogen) atoms. The Morgan fingerprint density at radius 2 is 1.25 bits per heavy atom. The number of nitrogens with zero attached hydrogens (tertiary/aromatic N) is 1. The van der Waals surface area contributed by atoms with E-state index in [2.05, 4.69) is 4.98 Å². The predicted octanol–water partition coefficient (Wildman–Crippen LogP) is 6.35. The zero-order valence-corrected chi connectivity index (χ0v) is 20.0. The van der Waals surface area contributed by atoms with E-state index in [-0.39, 0.29) is 21.6 Å². The molecule has 2 rings (SSSR count). The van der Waals surface area contributed by atoms with Crippen LogP contribution in [0.15, 0.2) is 23.1 Å². The van der Waals surface area contributed by atoms with Gasteiger partial charge in [0.05, 0.1) is 15.1 Å². The maximum Gasteiger partial charge on any atom is 0.393 e. The first-order valence-electron chi connectivity index (χ1n) is 9.36. The lowest BCUT2D eigenvalue weighted by Gasteiger charge is -2.42. The fourth-order valence-corrected chi connectivity index (χ4v) is 4.26. The molecule has 0 aliphatic heterocycles. The van der Waals surface area contributed by atoms with Crippen molar-refractivity contribution in [2.24, 2.45) is 0 Å². The van der Waals surface area contributed by atoms with Crippen molar-refractivity contribution >= 4 is 42.4 Å². The van der Waals surface area contributed by atoms with Gasteiger partial charge in [0.2, 0.25) is 0 Å². The van der Waals surface area contributed by atoms with Crippen LogP contribution in [-0.4, -0.2) is 73.4 Å². The minimum absolute atomic E-state index is 0.0138. The number of alkyl halides is 16. The minimum atomic E-state index is -8.63. The number of aromatic nitrogens is 1. The van der Waals surface area contributed by atoms with Crippen molar-refractivity contribution in [2.45, 2.75) is 52.8 Å². The highest BCUT2D eigenvalue weighted by molar-refractivity contribution is 7.90. The van der Waals surface area contributed by atoms with Crippen LogP contribution in [-0.2, 0) is 14.6 Å². The molecule has 5 nitrogen and oxygen atoms in total. The number of anilines is 1. The lowest BCUT2D eigenvalue weighted by molar-refractivity contribution is -0.443. The largest absolute Gasteiger partial charge is 0.393 e. The Balaban J connectivity index is 2.51. The third-order valence-corrected chi connectivity index (χ3v) is 7.00. The average Bonchev–Trinajstić information content (AvgIpc) is 3.18. The van der Waals surface area contributed by atoms with E-state index in [1.165, 1.54) is 0 Å². The Bertz CT molecular complexity index is 1400. The first-order valence-corrected chi connectivity index (χ1v) is 12.1. The van der Waals surface area contributed by atoms with Gasteiger partial charge >= 0.3 is 53.8 Å². The topological polar surface area (TPSA) is 76.1 Å². The van der Waals surface area contributed by atoms with Gasteiger partial charge in [-0.1, -0.05) is 11.3 Å². The second-order valence-electron chi connectivity index (χ2n) is 7.74. The number of carbonyl (C=O) groups is 1. The Hall–Kier alpha value is -2.59. The quantitative estimate of drug-likeness (QED) is 0.303. The van der Waals surface area contributed by atoms with Crippen LogP contribution >= 0.6 is 11.3 Å². The summed E-state index contributed by atoms with van der Waals surface area (Å²) in [5.74, 6) is -60.5. The Morgan fingerprint density at radius 3 is 1.70 bits per heavy atom. The standard InChI is InChI=1S/C17H8F16N2O3S2/c1-40(37,38)5-2-3-6-7(4-5)39-10(34-6)35-9(36)12(22,23)14(26,27)16(30,31)17(32,33)15(28,29)13(24,25)11(20,21)8(18)19/h2-4,8H,1H3,(H,34,35,36). The van der Waals surface area contributed by atoms with E-state index < -0.39 is 73.7 Å². The second kappa shape index (κ2) is 9.48. The molecule has 1 aromatic carbocycles. The molecule has 228 valence electrons. The van der Waals surface area contributed by atoms with Gasteiger partial charge in [-0.3, -0.25) is 10.1 Å². The van der Waals surface area contributed by atoms with Gasteiger partial charge in [0, 0.05) is 6.26 Å². The number of benzene rings is 1. The molecule has 1 aromatic heterocycles. The van der Waals surface area contributed by atoms with Crippen LogP contribution in [0, 0.1) is 0 Å². The van der Waals surface area contributed by atoms with Gasteiger partial charge in [-0.2, -0.15) is 61.5 Å². The van der Waals surface area contributed by atoms with Gasteiger partial charge in [-0.05, 0) is 18.2 Å². The molecule has 0 saturated heterocycles. The molecule has 1 heterocycles. The summed E-state index contributed by atoms with van der Waals surface area (Å²) in [6, 6.07) is 2.55. The van der Waals surface area contributed by atoms with E-state index in [4.69, 9.17) is 0 Å². The smallest absolute Gasteiger partial charge is 0.296 e. The van der Waals surface area contributed by atoms with Crippen LogP contribution in [0.25, 0.3) is 10.2 Å². The van der Waals surface area contributed by atoms with Crippen molar-refractivity contribution < 1.29 is 83.5 Å². The summed E-state index contributed by atoms with van der Waals surface area (Å²) in [5.41, 5.74) is -0.346. The summed E-state index contributed by atoms with van der Waals surface area (Å²) in [7, 11) is -3.90. The maximum absolute atomic E-state index is 14.1. The zero-order valence-electron chi connectivity index (χ0n) is 18.3. The number of sulfone groups is 1. The van der Waals surface area contributed by atoms with Gasteiger partial charge in [0.1, 0.15) is 0 Å². The van der Waals surface area contributed by atoms with Crippen LogP contribution in [0.1, 0.15) is 0 Å². The summed E-state index contributed by atoms with van der Waals surface area (Å²) in [6.07, 6.45) is -5.27. The number of thiazole rings is 1. The molecular weight excluding hydrogens is 648 g/mol. The number of hydrogen-bond acceptors (Lipinski definition) is 5. The Morgan fingerprint density at radius 1 is 0.800 bits per heavy atom. The van der Waals surface area contributed by atoms with E-state index >= 15 is 0 Å². The van der Waals surface area contributed by atoms with Crippen molar-refractivity contribution in [1.82, 2.24) is 4.98 Å². The predicted molar refractivity (Wildman–Crippen MR) is 102 cm³/mol. The van der Waals surface area contributed by atoms with Crippen LogP contribution in [0.2, 0.25) is 0 Å². The first kappa shape index (κ1) is 33.6. The van der Waals surface area contributed by atoms with Gasteiger partial charge < -0.3 is 0 Å². The normalized spacial score (nSPS) is 15.2. The van der Waals surface area contributed by atoms with Gasteiger partial charge in [-0.15, -0.1) is 0 Å². The minimum Gasteiger partial charge on any atom is -0.296 e. The van der Waals surface area contributed by atoms with E-state index in [9.17, 15) is 83.5 Å². The second-order valence-corrected chi connectivity index (χ2v) is 10.8. The highest BCUT2D eigenvalue weighted by Crippen LogP contribution is 2.62. The molecular formula is C17H8F16N2O3S2. The number of nitrogens with one attached hydrogen (secondary N) is 1. The van der Waals surface area contributed by atoms with Gasteiger partial charge in [0.25, 0.3) is 0 Å². The molecule has 0 saturated carbocycles. The number of carbonyl (C=O) groups excluding carboxylic acids is 1. The molecule has 0 unspecified atom stereocenters. The highest BCUT2D eigenvalue weighted by atomic mass is 32.2. The van der Waals surface area contributed by atoms with Gasteiger partial charge in [0.15, 0.2) is 15.0 Å². The van der Waals surface area contributed by atoms with Crippen LogP contribution in [0.3, 0.4) is 0 Å². The molecule has 0 aliphatic rings. The molecule has 0 fully saturated rings. The maximum atomic E-state index is 14.1. The summed E-state index contributed by atoms with van der Waals surface area (Å²) < 4.78 is 237. The van der Waals surface area contributed by atoms with Crippen LogP contribution in [0.5, 0.6) is 0 Å². The molecule has 23 heteroatoms. The first-order chi connectivity index (χ1) is 17.5. The molecule has 0 aliphatic carbocycles. The van der Waals surface area contributed by atoms with Crippen molar-refractivity contribution in [3.8, 4) is 0 Å². The third kappa shape index (κ3) is 4.70. The van der Waals surface area contributed by atoms with Crippen molar-refractivity contribution in [3.63, 3.8) is 0 Å². The molecule has 0 radical (unpaired) electrons. The Labute approximate surface area is 214 Å². The fraction of sp³-hybridized carbons (Fsp3) is 0.529. The van der Waals surface area contributed by atoms with E-state index in [0.717, 1.165) is 23.5 Å². The van der Waals surface area contributed by atoms with Crippen molar-refractivity contribution in [3.05, 3.63) is 18.2 Å². The SMILES string of the molecule is CS(=O)(=O)c1ccc2nc(NC(=O)C(F)(F)C(F)(F)C(F)(F)C(F)(F)C(F)(F)C(F)(F)C(F)(F)C(F)F)sc2c1. The number of amides is 1. The molecule has 0 spiro atoms. The summed E-state index contributed by atoms with van der Waals surface area (Å²) in [4.78, 5) is 14.5. The fourth-order valence-electron chi connectivity index (χ4n) is 2.64. The molecule has 0 atom stereocenters. The van der Waals surface area contributed by atoms with E-state index in [1.807, 2.05) is 0 Å². The number of hydrogen-bond donors (Lipinski definition) is 1. The Kier molecular flexibility index (Phi) is 7.96.